The van der Waals surface area contributed by atoms with Crippen LogP contribution in [0.2, 0.25) is 0 Å². The van der Waals surface area contributed by atoms with E-state index in [1.54, 1.807) is 0 Å². The molecule has 0 radical (unpaired) electrons. The average Bonchev–Trinajstić information content (AvgIpc) is 3.32. The van der Waals surface area contributed by atoms with E-state index in [2.05, 4.69) is 4.90 Å². The minimum Gasteiger partial charge on any atom is -0.381 e. The monoisotopic (exact) mass is 266 g/mol. The number of piperidine rings is 1. The summed E-state index contributed by atoms with van der Waals surface area (Å²) in [6.07, 6.45) is 11.4. The molecule has 2 saturated carbocycles. The third-order valence-corrected chi connectivity index (χ3v) is 5.97. The summed E-state index contributed by atoms with van der Waals surface area (Å²) in [5, 5.41) is 0. The lowest BCUT2D eigenvalue weighted by Gasteiger charge is -2.50. The number of rotatable bonds is 4. The van der Waals surface area contributed by atoms with Gasteiger partial charge in [0.05, 0.1) is 6.10 Å². The maximum absolute atomic E-state index is 6.25. The Balaban J connectivity index is 1.64. The summed E-state index contributed by atoms with van der Waals surface area (Å²) < 4.78 is 5.50. The summed E-state index contributed by atoms with van der Waals surface area (Å²) in [5.74, 6) is 2.01. The van der Waals surface area contributed by atoms with E-state index >= 15 is 0 Å². The second-order valence-corrected chi connectivity index (χ2v) is 7.04. The summed E-state index contributed by atoms with van der Waals surface area (Å²) in [7, 11) is 1.85. The molecule has 0 aromatic rings. The van der Waals surface area contributed by atoms with Gasteiger partial charge in [-0.1, -0.05) is 12.8 Å². The Hall–Kier alpha value is -0.120. The van der Waals surface area contributed by atoms with Crippen molar-refractivity contribution in [3.05, 3.63) is 0 Å². The van der Waals surface area contributed by atoms with Crippen LogP contribution in [0, 0.1) is 11.8 Å². The van der Waals surface area contributed by atoms with Crippen molar-refractivity contribution in [1.82, 2.24) is 4.90 Å². The summed E-state index contributed by atoms with van der Waals surface area (Å²) in [6, 6.07) is 0. The van der Waals surface area contributed by atoms with E-state index in [0.29, 0.717) is 11.6 Å². The Morgan fingerprint density at radius 1 is 1.11 bits per heavy atom. The van der Waals surface area contributed by atoms with Gasteiger partial charge in [-0.15, -0.1) is 0 Å². The van der Waals surface area contributed by atoms with E-state index < -0.39 is 0 Å². The van der Waals surface area contributed by atoms with Crippen LogP contribution in [0.5, 0.6) is 0 Å². The zero-order chi connectivity index (χ0) is 13.3. The Labute approximate surface area is 117 Å². The van der Waals surface area contributed by atoms with Crippen LogP contribution in [-0.4, -0.2) is 43.3 Å². The van der Waals surface area contributed by atoms with E-state index in [4.69, 9.17) is 10.5 Å². The fraction of sp³-hybridized carbons (Fsp3) is 1.00. The maximum atomic E-state index is 6.25. The number of ether oxygens (including phenoxy) is 1. The van der Waals surface area contributed by atoms with Gasteiger partial charge < -0.3 is 10.5 Å². The van der Waals surface area contributed by atoms with Gasteiger partial charge in [-0.2, -0.15) is 0 Å². The fourth-order valence-corrected chi connectivity index (χ4v) is 4.52. The minimum absolute atomic E-state index is 0.324. The van der Waals surface area contributed by atoms with Gasteiger partial charge in [-0.3, -0.25) is 4.90 Å². The van der Waals surface area contributed by atoms with Gasteiger partial charge in [-0.25, -0.2) is 0 Å². The van der Waals surface area contributed by atoms with Crippen LogP contribution in [-0.2, 0) is 4.74 Å². The van der Waals surface area contributed by atoms with E-state index in [1.165, 1.54) is 64.5 Å². The lowest BCUT2D eigenvalue weighted by Crippen LogP contribution is -2.59. The highest BCUT2D eigenvalue weighted by Gasteiger charge is 2.45. The molecule has 1 aliphatic heterocycles. The number of hydrogen-bond donors (Lipinski definition) is 1. The van der Waals surface area contributed by atoms with E-state index in [0.717, 1.165) is 18.4 Å². The highest BCUT2D eigenvalue weighted by molar-refractivity contribution is 5.00. The second kappa shape index (κ2) is 5.71. The molecule has 3 nitrogen and oxygen atoms in total. The maximum Gasteiger partial charge on any atom is 0.0595 e. The van der Waals surface area contributed by atoms with E-state index in [1.807, 2.05) is 7.11 Å². The molecule has 19 heavy (non-hydrogen) atoms. The Morgan fingerprint density at radius 2 is 1.84 bits per heavy atom. The number of likely N-dealkylation sites (tertiary alicyclic amines) is 1. The summed E-state index contributed by atoms with van der Waals surface area (Å²) in [6.45, 7) is 3.23. The first-order valence-electron chi connectivity index (χ1n) is 8.25. The molecule has 2 atom stereocenters. The molecule has 1 heterocycles. The molecule has 110 valence electrons. The number of nitrogens with two attached hydrogens (primary N) is 1. The van der Waals surface area contributed by atoms with Gasteiger partial charge >= 0.3 is 0 Å². The van der Waals surface area contributed by atoms with Gasteiger partial charge in [0, 0.05) is 32.3 Å². The third-order valence-electron chi connectivity index (χ3n) is 5.97. The highest BCUT2D eigenvalue weighted by Crippen LogP contribution is 2.48. The first kappa shape index (κ1) is 13.8. The van der Waals surface area contributed by atoms with Crippen molar-refractivity contribution in [2.45, 2.75) is 63.0 Å². The molecule has 2 aliphatic carbocycles. The first-order valence-corrected chi connectivity index (χ1v) is 8.25. The predicted octanol–water partition coefficient (Wildman–Crippen LogP) is 2.39. The lowest BCUT2D eigenvalue weighted by atomic mass is 9.72. The Kier molecular flexibility index (Phi) is 4.16. The Bertz CT molecular complexity index is 297. The molecule has 0 bridgehead atoms. The summed E-state index contributed by atoms with van der Waals surface area (Å²) in [4.78, 5) is 2.72. The molecule has 3 heteroatoms. The normalized spacial score (nSPS) is 38.5. The zero-order valence-corrected chi connectivity index (χ0v) is 12.4. The molecule has 3 fully saturated rings. The van der Waals surface area contributed by atoms with Crippen molar-refractivity contribution in [2.75, 3.05) is 26.7 Å². The van der Waals surface area contributed by atoms with Crippen LogP contribution < -0.4 is 5.73 Å². The molecule has 2 unspecified atom stereocenters. The molecule has 1 saturated heterocycles. The van der Waals surface area contributed by atoms with Crippen molar-refractivity contribution in [3.63, 3.8) is 0 Å². The Morgan fingerprint density at radius 3 is 2.42 bits per heavy atom. The zero-order valence-electron chi connectivity index (χ0n) is 12.4. The molecule has 3 rings (SSSR count). The van der Waals surface area contributed by atoms with E-state index in [-0.39, 0.29) is 0 Å². The molecule has 0 amide bonds. The molecule has 0 spiro atoms. The molecule has 0 aromatic heterocycles. The van der Waals surface area contributed by atoms with Gasteiger partial charge in [0.2, 0.25) is 0 Å². The van der Waals surface area contributed by atoms with Gasteiger partial charge in [0.15, 0.2) is 0 Å². The van der Waals surface area contributed by atoms with Crippen molar-refractivity contribution in [2.24, 2.45) is 17.6 Å². The van der Waals surface area contributed by atoms with Crippen molar-refractivity contribution in [3.8, 4) is 0 Å². The third kappa shape index (κ3) is 2.84. The fourth-order valence-electron chi connectivity index (χ4n) is 4.52. The van der Waals surface area contributed by atoms with Crippen molar-refractivity contribution in [1.29, 1.82) is 0 Å². The smallest absolute Gasteiger partial charge is 0.0595 e. The van der Waals surface area contributed by atoms with Crippen LogP contribution >= 0.6 is 0 Å². The highest BCUT2D eigenvalue weighted by atomic mass is 16.5. The minimum atomic E-state index is 0.324. The number of methoxy groups -OCH3 is 1. The lowest BCUT2D eigenvalue weighted by molar-refractivity contribution is -0.0265. The topological polar surface area (TPSA) is 38.5 Å². The van der Waals surface area contributed by atoms with Crippen LogP contribution in [0.25, 0.3) is 0 Å². The van der Waals surface area contributed by atoms with Gasteiger partial charge in [-0.05, 0) is 50.4 Å². The molecule has 2 N–H and O–H groups in total. The van der Waals surface area contributed by atoms with E-state index in [9.17, 15) is 0 Å². The average molecular weight is 266 g/mol. The second-order valence-electron chi connectivity index (χ2n) is 7.04. The van der Waals surface area contributed by atoms with Gasteiger partial charge in [0.1, 0.15) is 0 Å². The molecular formula is C16H30N2O. The largest absolute Gasteiger partial charge is 0.381 e. The summed E-state index contributed by atoms with van der Waals surface area (Å²) >= 11 is 0. The molecule has 0 aromatic carbocycles. The standard InChI is InChI=1S/C16H30N2O/c1-19-15-6-9-18(10-7-15)16(12-17)8-2-3-14(11-16)13-4-5-13/h13-15H,2-12,17H2,1H3. The van der Waals surface area contributed by atoms with Crippen molar-refractivity contribution >= 4 is 0 Å². The van der Waals surface area contributed by atoms with Crippen molar-refractivity contribution < 1.29 is 4.74 Å². The van der Waals surface area contributed by atoms with Crippen LogP contribution in [0.1, 0.15) is 51.4 Å². The van der Waals surface area contributed by atoms with Crippen LogP contribution in [0.4, 0.5) is 0 Å². The van der Waals surface area contributed by atoms with Gasteiger partial charge in [0.25, 0.3) is 0 Å². The predicted molar refractivity (Wildman–Crippen MR) is 78.1 cm³/mol. The first-order chi connectivity index (χ1) is 9.27. The molecular weight excluding hydrogens is 236 g/mol. The summed E-state index contributed by atoms with van der Waals surface area (Å²) in [5.41, 5.74) is 6.57. The number of hydrogen-bond acceptors (Lipinski definition) is 3. The van der Waals surface area contributed by atoms with Crippen LogP contribution in [0.15, 0.2) is 0 Å². The SMILES string of the molecule is COC1CCN(C2(CN)CCCC(C3CC3)C2)CC1. The quantitative estimate of drug-likeness (QED) is 0.849. The number of nitrogens with zero attached hydrogens (tertiary/aromatic N) is 1. The molecule has 3 aliphatic rings. The van der Waals surface area contributed by atoms with Crippen LogP contribution in [0.3, 0.4) is 0 Å².